The van der Waals surface area contributed by atoms with Crippen molar-refractivity contribution >= 4 is 31.6 Å². The Morgan fingerprint density at radius 1 is 1.35 bits per heavy atom. The Kier molecular flexibility index (Phi) is 5.10. The summed E-state index contributed by atoms with van der Waals surface area (Å²) in [6.45, 7) is 7.72. The van der Waals surface area contributed by atoms with Crippen LogP contribution in [0.25, 0.3) is 0 Å². The maximum Gasteiger partial charge on any atom is 0.244 e. The van der Waals surface area contributed by atoms with Gasteiger partial charge in [-0.1, -0.05) is 20.8 Å². The third-order valence-corrected chi connectivity index (χ3v) is 5.45. The molecule has 0 bridgehead atoms. The number of halogens is 1. The fraction of sp³-hybridized carbons (Fsp3) is 0.538. The van der Waals surface area contributed by atoms with E-state index < -0.39 is 10.0 Å². The van der Waals surface area contributed by atoms with Crippen molar-refractivity contribution in [3.63, 3.8) is 0 Å². The Balaban J connectivity index is 3.26. The first-order chi connectivity index (χ1) is 8.99. The van der Waals surface area contributed by atoms with E-state index in [1.165, 1.54) is 13.2 Å². The van der Waals surface area contributed by atoms with E-state index in [1.54, 1.807) is 6.07 Å². The van der Waals surface area contributed by atoms with Crippen LogP contribution in [0.3, 0.4) is 0 Å². The fourth-order valence-corrected chi connectivity index (χ4v) is 3.35. The summed E-state index contributed by atoms with van der Waals surface area (Å²) in [5.41, 5.74) is 5.91. The molecule has 114 valence electrons. The highest BCUT2D eigenvalue weighted by molar-refractivity contribution is 9.10. The van der Waals surface area contributed by atoms with Crippen molar-refractivity contribution in [2.75, 3.05) is 12.8 Å². The van der Waals surface area contributed by atoms with Gasteiger partial charge in [-0.25, -0.2) is 13.1 Å². The summed E-state index contributed by atoms with van der Waals surface area (Å²) in [5, 5.41) is 0. The molecule has 0 aliphatic heterocycles. The van der Waals surface area contributed by atoms with Crippen LogP contribution >= 0.6 is 15.9 Å². The van der Waals surface area contributed by atoms with Crippen molar-refractivity contribution in [3.05, 3.63) is 16.6 Å². The monoisotopic (exact) mass is 364 g/mol. The lowest BCUT2D eigenvalue weighted by molar-refractivity contribution is 0.317. The number of nitrogens with two attached hydrogens (primary N) is 1. The van der Waals surface area contributed by atoms with Gasteiger partial charge in [0.1, 0.15) is 10.6 Å². The first-order valence-electron chi connectivity index (χ1n) is 6.14. The highest BCUT2D eigenvalue weighted by Crippen LogP contribution is 2.33. The van der Waals surface area contributed by atoms with E-state index >= 15 is 0 Å². The topological polar surface area (TPSA) is 81.4 Å². The number of anilines is 1. The first kappa shape index (κ1) is 17.3. The Bertz CT molecular complexity index is 594. The van der Waals surface area contributed by atoms with Gasteiger partial charge in [0.05, 0.1) is 7.11 Å². The molecule has 0 fully saturated rings. The molecule has 0 saturated heterocycles. The van der Waals surface area contributed by atoms with Crippen molar-refractivity contribution in [1.29, 1.82) is 0 Å². The van der Waals surface area contributed by atoms with E-state index in [4.69, 9.17) is 10.5 Å². The summed E-state index contributed by atoms with van der Waals surface area (Å²) >= 11 is 3.25. The Hall–Kier alpha value is -0.790. The lowest BCUT2D eigenvalue weighted by Crippen LogP contribution is -2.41. The van der Waals surface area contributed by atoms with Gasteiger partial charge in [0.2, 0.25) is 10.0 Å². The number of methoxy groups -OCH3 is 1. The fourth-order valence-electron chi connectivity index (χ4n) is 1.39. The number of hydrogen-bond donors (Lipinski definition) is 2. The molecule has 20 heavy (non-hydrogen) atoms. The quantitative estimate of drug-likeness (QED) is 0.804. The minimum atomic E-state index is -3.70. The Morgan fingerprint density at radius 2 is 1.90 bits per heavy atom. The Morgan fingerprint density at radius 3 is 2.35 bits per heavy atom. The molecule has 7 heteroatoms. The highest BCUT2D eigenvalue weighted by Gasteiger charge is 2.28. The van der Waals surface area contributed by atoms with Gasteiger partial charge in [0.25, 0.3) is 0 Å². The zero-order chi connectivity index (χ0) is 15.7. The first-order valence-corrected chi connectivity index (χ1v) is 8.42. The maximum atomic E-state index is 12.5. The van der Waals surface area contributed by atoms with Gasteiger partial charge >= 0.3 is 0 Å². The van der Waals surface area contributed by atoms with Gasteiger partial charge in [-0.2, -0.15) is 0 Å². The molecule has 1 aromatic carbocycles. The van der Waals surface area contributed by atoms with E-state index in [0.717, 1.165) is 0 Å². The van der Waals surface area contributed by atoms with E-state index in [1.807, 2.05) is 27.7 Å². The second-order valence-electron chi connectivity index (χ2n) is 5.73. The molecule has 3 N–H and O–H groups in total. The standard InChI is InChI=1S/C13H21BrN2O3S/c1-8(13(2,3)4)16-20(17,18)12-7-10(15)9(14)6-11(12)19-5/h6-8,16H,15H2,1-5H3. The summed E-state index contributed by atoms with van der Waals surface area (Å²) in [7, 11) is -2.28. The van der Waals surface area contributed by atoms with Crippen LogP contribution < -0.4 is 15.2 Å². The second kappa shape index (κ2) is 5.91. The van der Waals surface area contributed by atoms with Crippen LogP contribution in [0.15, 0.2) is 21.5 Å². The number of hydrogen-bond acceptors (Lipinski definition) is 4. The lowest BCUT2D eigenvalue weighted by atomic mass is 9.89. The normalized spacial score (nSPS) is 14.1. The van der Waals surface area contributed by atoms with Crippen molar-refractivity contribution in [3.8, 4) is 5.75 Å². The number of rotatable bonds is 4. The molecule has 1 rings (SSSR count). The van der Waals surface area contributed by atoms with E-state index in [9.17, 15) is 8.42 Å². The van der Waals surface area contributed by atoms with Crippen molar-refractivity contribution in [2.45, 2.75) is 38.6 Å². The highest BCUT2D eigenvalue weighted by atomic mass is 79.9. The van der Waals surface area contributed by atoms with Crippen molar-refractivity contribution in [2.24, 2.45) is 5.41 Å². The molecule has 0 amide bonds. The van der Waals surface area contributed by atoms with Crippen LogP contribution in [0.4, 0.5) is 5.69 Å². The molecule has 1 unspecified atom stereocenters. The van der Waals surface area contributed by atoms with E-state index in [-0.39, 0.29) is 22.1 Å². The number of benzene rings is 1. The molecule has 0 heterocycles. The third kappa shape index (κ3) is 3.86. The van der Waals surface area contributed by atoms with Gasteiger partial charge < -0.3 is 10.5 Å². The largest absolute Gasteiger partial charge is 0.495 e. The summed E-state index contributed by atoms with van der Waals surface area (Å²) in [4.78, 5) is 0.0387. The summed E-state index contributed by atoms with van der Waals surface area (Å²) < 4.78 is 33.3. The van der Waals surface area contributed by atoms with Gasteiger partial charge in [-0.15, -0.1) is 0 Å². The molecule has 0 aliphatic rings. The van der Waals surface area contributed by atoms with Crippen LogP contribution in [0, 0.1) is 5.41 Å². The second-order valence-corrected chi connectivity index (χ2v) is 8.27. The molecular weight excluding hydrogens is 344 g/mol. The summed E-state index contributed by atoms with van der Waals surface area (Å²) in [5.74, 6) is 0.250. The average molecular weight is 365 g/mol. The van der Waals surface area contributed by atoms with E-state index in [0.29, 0.717) is 10.2 Å². The molecule has 0 aromatic heterocycles. The zero-order valence-electron chi connectivity index (χ0n) is 12.3. The summed E-state index contributed by atoms with van der Waals surface area (Å²) in [6, 6.07) is 2.70. The van der Waals surface area contributed by atoms with Gasteiger partial charge in [0.15, 0.2) is 0 Å². The average Bonchev–Trinajstić information content (AvgIpc) is 2.30. The van der Waals surface area contributed by atoms with Crippen LogP contribution in [-0.2, 0) is 10.0 Å². The lowest BCUT2D eigenvalue weighted by Gasteiger charge is -2.28. The van der Waals surface area contributed by atoms with E-state index in [2.05, 4.69) is 20.7 Å². The molecule has 0 spiro atoms. The molecule has 1 atom stereocenters. The number of ether oxygens (including phenoxy) is 1. The minimum absolute atomic E-state index is 0.0387. The van der Waals surface area contributed by atoms with Gasteiger partial charge in [-0.3, -0.25) is 0 Å². The van der Waals surface area contributed by atoms with Crippen LogP contribution in [0.1, 0.15) is 27.7 Å². The predicted molar refractivity (Wildman–Crippen MR) is 84.3 cm³/mol. The molecule has 5 nitrogen and oxygen atoms in total. The number of nitrogen functional groups attached to an aromatic ring is 1. The predicted octanol–water partition coefficient (Wildman–Crippen LogP) is 2.75. The van der Waals surface area contributed by atoms with Crippen LogP contribution in [-0.4, -0.2) is 21.6 Å². The zero-order valence-corrected chi connectivity index (χ0v) is 14.7. The molecular formula is C13H21BrN2O3S. The van der Waals surface area contributed by atoms with Crippen LogP contribution in [0.5, 0.6) is 5.75 Å². The molecule has 0 aliphatic carbocycles. The molecule has 1 aromatic rings. The summed E-state index contributed by atoms with van der Waals surface area (Å²) in [6.07, 6.45) is 0. The van der Waals surface area contributed by atoms with Gasteiger partial charge in [-0.05, 0) is 40.4 Å². The smallest absolute Gasteiger partial charge is 0.244 e. The number of sulfonamides is 1. The third-order valence-electron chi connectivity index (χ3n) is 3.20. The van der Waals surface area contributed by atoms with Crippen molar-refractivity contribution in [1.82, 2.24) is 4.72 Å². The maximum absolute atomic E-state index is 12.5. The Labute approximate surface area is 129 Å². The minimum Gasteiger partial charge on any atom is -0.495 e. The SMILES string of the molecule is COc1cc(Br)c(N)cc1S(=O)(=O)NC(C)C(C)(C)C. The van der Waals surface area contributed by atoms with Crippen LogP contribution in [0.2, 0.25) is 0 Å². The molecule has 0 radical (unpaired) electrons. The van der Waals surface area contributed by atoms with Gasteiger partial charge in [0, 0.05) is 16.2 Å². The molecule has 0 saturated carbocycles. The van der Waals surface area contributed by atoms with Crippen molar-refractivity contribution < 1.29 is 13.2 Å². The number of nitrogens with one attached hydrogen (secondary N) is 1.